The molecule has 0 radical (unpaired) electrons. The van der Waals surface area contributed by atoms with Crippen LogP contribution in [0.1, 0.15) is 73.9 Å². The van der Waals surface area contributed by atoms with Crippen molar-refractivity contribution in [2.45, 2.75) is 70.0 Å². The fourth-order valence-electron chi connectivity index (χ4n) is 3.31. The van der Waals surface area contributed by atoms with E-state index < -0.39 is 0 Å². The molecule has 19 heavy (non-hydrogen) atoms. The summed E-state index contributed by atoms with van der Waals surface area (Å²) in [5.74, 6) is 1.000. The maximum atomic E-state index is 3.95. The van der Waals surface area contributed by atoms with E-state index in [9.17, 15) is 0 Å². The van der Waals surface area contributed by atoms with Crippen molar-refractivity contribution in [3.05, 3.63) is 34.9 Å². The van der Waals surface area contributed by atoms with E-state index in [1.54, 1.807) is 5.56 Å². The predicted octanol–water partition coefficient (Wildman–Crippen LogP) is 6.22. The fraction of sp³-hybridized carbons (Fsp3) is 0.667. The van der Waals surface area contributed by atoms with Crippen LogP contribution in [0.15, 0.2) is 18.2 Å². The summed E-state index contributed by atoms with van der Waals surface area (Å²) in [5.41, 5.74) is 4.53. The molecule has 1 aliphatic carbocycles. The van der Waals surface area contributed by atoms with Crippen LogP contribution < -0.4 is 0 Å². The summed E-state index contributed by atoms with van der Waals surface area (Å²) in [6.45, 7) is 4.51. The second-order valence-corrected chi connectivity index (χ2v) is 7.04. The Morgan fingerprint density at radius 2 is 1.89 bits per heavy atom. The van der Waals surface area contributed by atoms with Crippen molar-refractivity contribution in [3.63, 3.8) is 0 Å². The predicted molar refractivity (Wildman–Crippen MR) is 88.1 cm³/mol. The number of benzene rings is 1. The second-order valence-electron chi connectivity index (χ2n) is 5.94. The van der Waals surface area contributed by atoms with Gasteiger partial charge in [-0.15, -0.1) is 0 Å². The summed E-state index contributed by atoms with van der Waals surface area (Å²) in [4.78, 5) is 0.551. The lowest BCUT2D eigenvalue weighted by atomic mass is 9.93. The first-order chi connectivity index (χ1) is 9.24. The molecule has 2 rings (SSSR count). The zero-order valence-electron chi connectivity index (χ0n) is 12.4. The molecule has 1 fully saturated rings. The lowest BCUT2D eigenvalue weighted by molar-refractivity contribution is 0.482. The van der Waals surface area contributed by atoms with E-state index in [1.807, 2.05) is 0 Å². The Labute approximate surface area is 127 Å². The first-order valence-corrected chi connectivity index (χ1v) is 8.91. The van der Waals surface area contributed by atoms with E-state index in [1.165, 1.54) is 49.7 Å². The lowest BCUT2D eigenvalue weighted by Gasteiger charge is -2.17. The highest BCUT2D eigenvalue weighted by Crippen LogP contribution is 2.36. The minimum atomic E-state index is 0.551. The molecule has 1 aromatic rings. The average molecular weight is 323 g/mol. The number of hydrogen-bond donors (Lipinski definition) is 0. The summed E-state index contributed by atoms with van der Waals surface area (Å²) >= 11 is 3.95. The third-order valence-corrected chi connectivity index (χ3v) is 5.59. The fourth-order valence-corrected chi connectivity index (χ4v) is 4.00. The van der Waals surface area contributed by atoms with Crippen molar-refractivity contribution in [1.82, 2.24) is 0 Å². The largest absolute Gasteiger partial charge is 0.0839 e. The molecule has 1 heteroatoms. The molecular weight excluding hydrogens is 296 g/mol. The first-order valence-electron chi connectivity index (χ1n) is 8.00. The number of alkyl halides is 1. The zero-order chi connectivity index (χ0) is 13.7. The van der Waals surface area contributed by atoms with Crippen molar-refractivity contribution in [3.8, 4) is 0 Å². The van der Waals surface area contributed by atoms with Crippen molar-refractivity contribution in [2.24, 2.45) is 5.92 Å². The van der Waals surface area contributed by atoms with Gasteiger partial charge in [0.1, 0.15) is 0 Å². The van der Waals surface area contributed by atoms with Crippen LogP contribution in [0.3, 0.4) is 0 Å². The summed E-state index contributed by atoms with van der Waals surface area (Å²) in [7, 11) is 0. The molecule has 0 heterocycles. The van der Waals surface area contributed by atoms with Gasteiger partial charge in [-0.05, 0) is 48.3 Å². The second kappa shape index (κ2) is 7.47. The molecule has 1 atom stereocenters. The van der Waals surface area contributed by atoms with Crippen LogP contribution in [-0.2, 0) is 12.8 Å². The van der Waals surface area contributed by atoms with E-state index >= 15 is 0 Å². The van der Waals surface area contributed by atoms with Gasteiger partial charge in [-0.3, -0.25) is 0 Å². The van der Waals surface area contributed by atoms with E-state index in [0.717, 1.165) is 18.8 Å². The molecule has 0 aromatic heterocycles. The van der Waals surface area contributed by atoms with Crippen LogP contribution in [-0.4, -0.2) is 0 Å². The Morgan fingerprint density at radius 3 is 2.53 bits per heavy atom. The summed E-state index contributed by atoms with van der Waals surface area (Å²) in [5, 5.41) is 0. The van der Waals surface area contributed by atoms with Crippen LogP contribution in [0, 0.1) is 5.92 Å². The van der Waals surface area contributed by atoms with Crippen LogP contribution in [0.5, 0.6) is 0 Å². The molecule has 0 bridgehead atoms. The van der Waals surface area contributed by atoms with Gasteiger partial charge in [-0.2, -0.15) is 0 Å². The SMILES string of the molecule is CCc1ccc(CC)c(C(Br)CCC2CCCC2)c1. The maximum Gasteiger partial charge on any atom is 0.0398 e. The van der Waals surface area contributed by atoms with Crippen LogP contribution in [0.25, 0.3) is 0 Å². The summed E-state index contributed by atoms with van der Waals surface area (Å²) in [6, 6.07) is 7.05. The first kappa shape index (κ1) is 15.1. The van der Waals surface area contributed by atoms with Crippen molar-refractivity contribution < 1.29 is 0 Å². The van der Waals surface area contributed by atoms with Gasteiger partial charge < -0.3 is 0 Å². The zero-order valence-corrected chi connectivity index (χ0v) is 14.0. The highest BCUT2D eigenvalue weighted by atomic mass is 79.9. The number of aryl methyl sites for hydroxylation is 2. The molecular formula is C18H27Br. The topological polar surface area (TPSA) is 0 Å². The molecule has 1 aliphatic rings. The Morgan fingerprint density at radius 1 is 1.16 bits per heavy atom. The molecule has 0 saturated heterocycles. The van der Waals surface area contributed by atoms with Gasteiger partial charge in [-0.25, -0.2) is 0 Å². The minimum Gasteiger partial charge on any atom is -0.0839 e. The lowest BCUT2D eigenvalue weighted by Crippen LogP contribution is -2.01. The molecule has 0 N–H and O–H groups in total. The van der Waals surface area contributed by atoms with Gasteiger partial charge in [0.05, 0.1) is 0 Å². The Kier molecular flexibility index (Phi) is 5.94. The molecule has 0 aliphatic heterocycles. The number of rotatable bonds is 6. The van der Waals surface area contributed by atoms with E-state index in [2.05, 4.69) is 48.0 Å². The molecule has 106 valence electrons. The third kappa shape index (κ3) is 4.08. The van der Waals surface area contributed by atoms with Crippen molar-refractivity contribution in [1.29, 1.82) is 0 Å². The van der Waals surface area contributed by atoms with Crippen LogP contribution >= 0.6 is 15.9 Å². The maximum absolute atomic E-state index is 3.95. The van der Waals surface area contributed by atoms with E-state index in [-0.39, 0.29) is 0 Å². The molecule has 1 saturated carbocycles. The van der Waals surface area contributed by atoms with Crippen molar-refractivity contribution >= 4 is 15.9 Å². The van der Waals surface area contributed by atoms with Crippen LogP contribution in [0.2, 0.25) is 0 Å². The average Bonchev–Trinajstić information content (AvgIpc) is 2.97. The third-order valence-electron chi connectivity index (χ3n) is 4.64. The molecule has 0 nitrogen and oxygen atoms in total. The molecule has 0 spiro atoms. The minimum absolute atomic E-state index is 0.551. The van der Waals surface area contributed by atoms with Gasteiger partial charge in [0.25, 0.3) is 0 Å². The monoisotopic (exact) mass is 322 g/mol. The summed E-state index contributed by atoms with van der Waals surface area (Å²) in [6.07, 6.45) is 10.8. The van der Waals surface area contributed by atoms with E-state index in [0.29, 0.717) is 4.83 Å². The van der Waals surface area contributed by atoms with E-state index in [4.69, 9.17) is 0 Å². The molecule has 1 aromatic carbocycles. The quantitative estimate of drug-likeness (QED) is 0.545. The summed E-state index contributed by atoms with van der Waals surface area (Å²) < 4.78 is 0. The number of hydrogen-bond acceptors (Lipinski definition) is 0. The highest BCUT2D eigenvalue weighted by molar-refractivity contribution is 9.09. The Bertz CT molecular complexity index is 391. The van der Waals surface area contributed by atoms with Gasteiger partial charge in [0.2, 0.25) is 0 Å². The number of halogens is 1. The molecule has 1 unspecified atom stereocenters. The smallest absolute Gasteiger partial charge is 0.0398 e. The van der Waals surface area contributed by atoms with Gasteiger partial charge in [0, 0.05) is 4.83 Å². The standard InChI is InChI=1S/C18H27Br/c1-3-14-9-11-16(4-2)17(13-14)18(19)12-10-15-7-5-6-8-15/h9,11,13,15,18H,3-8,10,12H2,1-2H3. The van der Waals surface area contributed by atoms with Gasteiger partial charge in [0.15, 0.2) is 0 Å². The van der Waals surface area contributed by atoms with Gasteiger partial charge in [-0.1, -0.05) is 73.7 Å². The Hall–Kier alpha value is -0.300. The Balaban J connectivity index is 2.01. The van der Waals surface area contributed by atoms with Crippen LogP contribution in [0.4, 0.5) is 0 Å². The van der Waals surface area contributed by atoms with Crippen molar-refractivity contribution in [2.75, 3.05) is 0 Å². The van der Waals surface area contributed by atoms with Gasteiger partial charge >= 0.3 is 0 Å². The molecule has 0 amide bonds. The normalized spacial score (nSPS) is 17.8. The highest BCUT2D eigenvalue weighted by Gasteiger charge is 2.18.